The van der Waals surface area contributed by atoms with Crippen LogP contribution in [0.3, 0.4) is 0 Å². The van der Waals surface area contributed by atoms with Crippen molar-refractivity contribution < 1.29 is 14.4 Å². The highest BCUT2D eigenvalue weighted by Crippen LogP contribution is 2.24. The van der Waals surface area contributed by atoms with Gasteiger partial charge in [-0.15, -0.1) is 0 Å². The molecule has 3 rings (SSSR count). The average molecular weight is 316 g/mol. The summed E-state index contributed by atoms with van der Waals surface area (Å²) in [6.45, 7) is 3.37. The van der Waals surface area contributed by atoms with E-state index in [0.29, 0.717) is 37.3 Å². The van der Waals surface area contributed by atoms with Gasteiger partial charge < -0.3 is 10.2 Å². The number of rotatable bonds is 3. The molecule has 1 unspecified atom stereocenters. The Labute approximate surface area is 134 Å². The molecule has 2 aliphatic heterocycles. The van der Waals surface area contributed by atoms with Crippen LogP contribution in [0.4, 0.5) is 11.5 Å². The average Bonchev–Trinajstić information content (AvgIpc) is 2.51. The normalized spacial score (nSPS) is 22.0. The lowest BCUT2D eigenvalue weighted by Crippen LogP contribution is -2.47. The van der Waals surface area contributed by atoms with Gasteiger partial charge in [0.05, 0.1) is 11.4 Å². The number of Topliss-reactive ketones (excluding diaryl/α,β-unsaturated/α-hetero) is 1. The number of carbonyl (C=O) groups is 3. The lowest BCUT2D eigenvalue weighted by Gasteiger charge is -2.29. The van der Waals surface area contributed by atoms with Crippen molar-refractivity contribution in [3.05, 3.63) is 17.8 Å². The summed E-state index contributed by atoms with van der Waals surface area (Å²) in [4.78, 5) is 41.0. The molecule has 2 N–H and O–H groups in total. The van der Waals surface area contributed by atoms with Gasteiger partial charge in [-0.05, 0) is 25.5 Å². The molecule has 2 amide bonds. The number of nitrogens with one attached hydrogen (secondary N) is 2. The van der Waals surface area contributed by atoms with E-state index in [1.807, 2.05) is 19.1 Å². The first-order valence-corrected chi connectivity index (χ1v) is 7.87. The van der Waals surface area contributed by atoms with Gasteiger partial charge in [-0.2, -0.15) is 0 Å². The van der Waals surface area contributed by atoms with E-state index in [4.69, 9.17) is 0 Å². The summed E-state index contributed by atoms with van der Waals surface area (Å²) >= 11 is 0. The smallest absolute Gasteiger partial charge is 0.249 e. The highest BCUT2D eigenvalue weighted by Gasteiger charge is 2.27. The fraction of sp³-hybridized carbons (Fsp3) is 0.500. The minimum atomic E-state index is -0.432. The Morgan fingerprint density at radius 3 is 2.57 bits per heavy atom. The molecule has 2 aliphatic rings. The molecule has 0 aromatic carbocycles. The summed E-state index contributed by atoms with van der Waals surface area (Å²) in [7, 11) is 0. The molecule has 0 aliphatic carbocycles. The van der Waals surface area contributed by atoms with Crippen molar-refractivity contribution in [1.82, 2.24) is 10.3 Å². The van der Waals surface area contributed by atoms with Gasteiger partial charge in [0, 0.05) is 32.4 Å². The molecule has 2 fully saturated rings. The molecule has 7 nitrogen and oxygen atoms in total. The van der Waals surface area contributed by atoms with Gasteiger partial charge in [0.1, 0.15) is 17.6 Å². The van der Waals surface area contributed by atoms with Crippen molar-refractivity contribution in [3.63, 3.8) is 0 Å². The molecule has 0 spiro atoms. The first-order chi connectivity index (χ1) is 11.0. The van der Waals surface area contributed by atoms with Crippen LogP contribution in [-0.2, 0) is 14.4 Å². The SMILES string of the molecule is Cc1nc(NC2CCC(=O)NC2=O)ccc1N1CCC(=O)CC1. The number of amides is 2. The molecule has 0 bridgehead atoms. The summed E-state index contributed by atoms with van der Waals surface area (Å²) in [5.41, 5.74) is 1.88. The standard InChI is InChI=1S/C16H20N4O3/c1-10-13(20-8-6-11(21)7-9-20)3-4-14(17-10)18-12-2-5-15(22)19-16(12)23/h3-4,12H,2,5-9H2,1H3,(H,17,18)(H,19,22,23). The summed E-state index contributed by atoms with van der Waals surface area (Å²) in [5.74, 6) is 0.392. The summed E-state index contributed by atoms with van der Waals surface area (Å²) in [6.07, 6.45) is 1.97. The molecule has 7 heteroatoms. The van der Waals surface area contributed by atoms with Crippen LogP contribution in [0, 0.1) is 6.92 Å². The number of carbonyl (C=O) groups excluding carboxylic acids is 3. The maximum atomic E-state index is 11.8. The van der Waals surface area contributed by atoms with Gasteiger partial charge in [0.15, 0.2) is 0 Å². The molecule has 3 heterocycles. The van der Waals surface area contributed by atoms with Gasteiger partial charge >= 0.3 is 0 Å². The zero-order chi connectivity index (χ0) is 16.4. The molecular weight excluding hydrogens is 296 g/mol. The van der Waals surface area contributed by atoms with E-state index >= 15 is 0 Å². The van der Waals surface area contributed by atoms with Crippen LogP contribution >= 0.6 is 0 Å². The second kappa shape index (κ2) is 6.36. The van der Waals surface area contributed by atoms with Crippen LogP contribution in [0.1, 0.15) is 31.4 Å². The molecule has 2 saturated heterocycles. The quantitative estimate of drug-likeness (QED) is 0.801. The number of nitrogens with zero attached hydrogens (tertiary/aromatic N) is 2. The molecule has 23 heavy (non-hydrogen) atoms. The highest BCUT2D eigenvalue weighted by molar-refractivity contribution is 6.01. The molecule has 122 valence electrons. The Morgan fingerprint density at radius 1 is 1.17 bits per heavy atom. The minimum Gasteiger partial charge on any atom is -0.369 e. The van der Waals surface area contributed by atoms with E-state index in [0.717, 1.165) is 24.5 Å². The number of hydrogen-bond acceptors (Lipinski definition) is 6. The van der Waals surface area contributed by atoms with Crippen molar-refractivity contribution in [1.29, 1.82) is 0 Å². The number of ketones is 1. The summed E-state index contributed by atoms with van der Waals surface area (Å²) in [6, 6.07) is 3.37. The third-order valence-corrected chi connectivity index (χ3v) is 4.28. The summed E-state index contributed by atoms with van der Waals surface area (Å²) in [5, 5.41) is 5.40. The number of aryl methyl sites for hydroxylation is 1. The Bertz CT molecular complexity index is 649. The topological polar surface area (TPSA) is 91.4 Å². The van der Waals surface area contributed by atoms with Gasteiger partial charge in [0.2, 0.25) is 11.8 Å². The maximum Gasteiger partial charge on any atom is 0.249 e. The predicted octanol–water partition coefficient (Wildman–Crippen LogP) is 0.776. The molecule has 1 atom stereocenters. The predicted molar refractivity (Wildman–Crippen MR) is 85.2 cm³/mol. The molecule has 0 radical (unpaired) electrons. The first-order valence-electron chi connectivity index (χ1n) is 7.87. The van der Waals surface area contributed by atoms with Crippen molar-refractivity contribution in [2.45, 2.75) is 38.6 Å². The van der Waals surface area contributed by atoms with Gasteiger partial charge in [0.25, 0.3) is 0 Å². The van der Waals surface area contributed by atoms with Gasteiger partial charge in [-0.1, -0.05) is 0 Å². The Kier molecular flexibility index (Phi) is 4.27. The zero-order valence-corrected chi connectivity index (χ0v) is 13.1. The van der Waals surface area contributed by atoms with E-state index < -0.39 is 6.04 Å². The van der Waals surface area contributed by atoms with Crippen LogP contribution < -0.4 is 15.5 Å². The Hall–Kier alpha value is -2.44. The Morgan fingerprint density at radius 2 is 1.91 bits per heavy atom. The third-order valence-electron chi connectivity index (χ3n) is 4.28. The number of pyridine rings is 1. The van der Waals surface area contributed by atoms with Crippen molar-refractivity contribution in [2.75, 3.05) is 23.3 Å². The van der Waals surface area contributed by atoms with Crippen LogP contribution in [0.5, 0.6) is 0 Å². The second-order valence-corrected chi connectivity index (χ2v) is 5.97. The molecule has 1 aromatic heterocycles. The van der Waals surface area contributed by atoms with Crippen molar-refractivity contribution in [2.24, 2.45) is 0 Å². The molecule has 1 aromatic rings. The maximum absolute atomic E-state index is 11.8. The number of piperidine rings is 2. The van der Waals surface area contributed by atoms with Crippen molar-refractivity contribution >= 4 is 29.1 Å². The van der Waals surface area contributed by atoms with Gasteiger partial charge in [-0.3, -0.25) is 19.7 Å². The van der Waals surface area contributed by atoms with Crippen LogP contribution in [0.15, 0.2) is 12.1 Å². The minimum absolute atomic E-state index is 0.229. The first kappa shape index (κ1) is 15.5. The third kappa shape index (κ3) is 3.49. The van der Waals surface area contributed by atoms with Crippen LogP contribution in [0.25, 0.3) is 0 Å². The summed E-state index contributed by atoms with van der Waals surface area (Å²) < 4.78 is 0. The lowest BCUT2D eigenvalue weighted by molar-refractivity contribution is -0.133. The van der Waals surface area contributed by atoms with Crippen molar-refractivity contribution in [3.8, 4) is 0 Å². The zero-order valence-electron chi connectivity index (χ0n) is 13.1. The number of anilines is 2. The number of hydrogen-bond donors (Lipinski definition) is 2. The number of imide groups is 1. The molecule has 0 saturated carbocycles. The monoisotopic (exact) mass is 316 g/mol. The fourth-order valence-corrected chi connectivity index (χ4v) is 2.98. The Balaban J connectivity index is 1.68. The largest absolute Gasteiger partial charge is 0.369 e. The fourth-order valence-electron chi connectivity index (χ4n) is 2.98. The van der Waals surface area contributed by atoms with Crippen LogP contribution in [-0.4, -0.2) is 41.7 Å². The number of aromatic nitrogens is 1. The van der Waals surface area contributed by atoms with E-state index in [9.17, 15) is 14.4 Å². The highest BCUT2D eigenvalue weighted by atomic mass is 16.2. The van der Waals surface area contributed by atoms with Gasteiger partial charge in [-0.25, -0.2) is 4.98 Å². The van der Waals surface area contributed by atoms with Crippen LogP contribution in [0.2, 0.25) is 0 Å². The van der Waals surface area contributed by atoms with E-state index in [1.165, 1.54) is 0 Å². The lowest BCUT2D eigenvalue weighted by atomic mass is 10.1. The molecular formula is C16H20N4O3. The van der Waals surface area contributed by atoms with E-state index in [-0.39, 0.29) is 11.8 Å². The second-order valence-electron chi connectivity index (χ2n) is 5.97. The van der Waals surface area contributed by atoms with E-state index in [1.54, 1.807) is 0 Å². The van der Waals surface area contributed by atoms with E-state index in [2.05, 4.69) is 20.5 Å².